The highest BCUT2D eigenvalue weighted by Crippen LogP contribution is 2.19. The minimum absolute atomic E-state index is 0.536. The standard InChI is InChI=1S/C11H10FN3O6/c12-6-1-2-8(15(20)21)7(3-6)11(19)14-4-9(16)13-5-10(17)18/h1-3H,4-5H2,(H,13,16)(H,14,19)(H,17,18). The van der Waals surface area contributed by atoms with Gasteiger partial charge in [-0.15, -0.1) is 0 Å². The second-order valence-corrected chi connectivity index (χ2v) is 3.77. The molecule has 0 aromatic heterocycles. The molecule has 2 amide bonds. The number of halogens is 1. The van der Waals surface area contributed by atoms with Gasteiger partial charge in [0, 0.05) is 6.07 Å². The third kappa shape index (κ3) is 4.86. The van der Waals surface area contributed by atoms with Crippen LogP contribution < -0.4 is 10.6 Å². The summed E-state index contributed by atoms with van der Waals surface area (Å²) in [4.78, 5) is 42.9. The minimum Gasteiger partial charge on any atom is -0.480 e. The van der Waals surface area contributed by atoms with Crippen molar-refractivity contribution in [3.05, 3.63) is 39.7 Å². The lowest BCUT2D eigenvalue weighted by atomic mass is 10.1. The minimum atomic E-state index is -1.27. The highest BCUT2D eigenvalue weighted by Gasteiger charge is 2.21. The number of nitro groups is 1. The van der Waals surface area contributed by atoms with Crippen molar-refractivity contribution >= 4 is 23.5 Å². The number of carboxylic acid groups (broad SMARTS) is 1. The number of carbonyl (C=O) groups is 3. The van der Waals surface area contributed by atoms with Crippen LogP contribution in [0.3, 0.4) is 0 Å². The van der Waals surface area contributed by atoms with E-state index in [9.17, 15) is 28.9 Å². The number of hydrogen-bond acceptors (Lipinski definition) is 5. The van der Waals surface area contributed by atoms with Gasteiger partial charge in [-0.3, -0.25) is 24.5 Å². The molecule has 0 heterocycles. The smallest absolute Gasteiger partial charge is 0.322 e. The van der Waals surface area contributed by atoms with Crippen molar-refractivity contribution in [3.8, 4) is 0 Å². The average Bonchev–Trinajstić information content (AvgIpc) is 2.41. The van der Waals surface area contributed by atoms with Gasteiger partial charge < -0.3 is 15.7 Å². The van der Waals surface area contributed by atoms with Gasteiger partial charge in [0.15, 0.2) is 0 Å². The van der Waals surface area contributed by atoms with Crippen LogP contribution in [0.5, 0.6) is 0 Å². The number of aliphatic carboxylic acids is 1. The Kier molecular flexibility index (Phi) is 5.29. The van der Waals surface area contributed by atoms with Crippen molar-refractivity contribution < 1.29 is 28.8 Å². The highest BCUT2D eigenvalue weighted by atomic mass is 19.1. The molecule has 3 N–H and O–H groups in total. The average molecular weight is 299 g/mol. The summed E-state index contributed by atoms with van der Waals surface area (Å²) >= 11 is 0. The predicted molar refractivity (Wildman–Crippen MR) is 66.0 cm³/mol. The molecule has 0 bridgehead atoms. The van der Waals surface area contributed by atoms with E-state index in [4.69, 9.17) is 5.11 Å². The number of carbonyl (C=O) groups excluding carboxylic acids is 2. The maximum absolute atomic E-state index is 13.0. The van der Waals surface area contributed by atoms with E-state index in [-0.39, 0.29) is 0 Å². The first kappa shape index (κ1) is 16.0. The van der Waals surface area contributed by atoms with Gasteiger partial charge in [-0.1, -0.05) is 0 Å². The molecule has 0 fully saturated rings. The lowest BCUT2D eigenvalue weighted by Gasteiger charge is -2.06. The van der Waals surface area contributed by atoms with Gasteiger partial charge in [0.25, 0.3) is 11.6 Å². The first-order chi connectivity index (χ1) is 9.81. The van der Waals surface area contributed by atoms with Crippen LogP contribution in [0.15, 0.2) is 18.2 Å². The van der Waals surface area contributed by atoms with Crippen molar-refractivity contribution in [3.63, 3.8) is 0 Å². The summed E-state index contributed by atoms with van der Waals surface area (Å²) < 4.78 is 13.0. The van der Waals surface area contributed by atoms with Crippen LogP contribution in [0, 0.1) is 15.9 Å². The molecule has 0 unspecified atom stereocenters. The van der Waals surface area contributed by atoms with Crippen molar-refractivity contribution in [1.82, 2.24) is 10.6 Å². The second-order valence-electron chi connectivity index (χ2n) is 3.77. The quantitative estimate of drug-likeness (QED) is 0.485. The normalized spacial score (nSPS) is 9.76. The number of carboxylic acids is 1. The maximum Gasteiger partial charge on any atom is 0.322 e. The zero-order chi connectivity index (χ0) is 16.0. The topological polar surface area (TPSA) is 139 Å². The molecule has 0 aliphatic rings. The van der Waals surface area contributed by atoms with Crippen molar-refractivity contribution in [2.45, 2.75) is 0 Å². The number of rotatable bonds is 6. The molecule has 10 heteroatoms. The van der Waals surface area contributed by atoms with Crippen LogP contribution in [-0.2, 0) is 9.59 Å². The molecule has 1 aromatic rings. The number of benzene rings is 1. The van der Waals surface area contributed by atoms with E-state index in [0.29, 0.717) is 6.07 Å². The molecule has 0 atom stereocenters. The van der Waals surface area contributed by atoms with Gasteiger partial charge in [0.2, 0.25) is 5.91 Å². The summed E-state index contributed by atoms with van der Waals surface area (Å²) in [6.45, 7) is -1.23. The van der Waals surface area contributed by atoms with Crippen molar-refractivity contribution in [1.29, 1.82) is 0 Å². The third-order valence-electron chi connectivity index (χ3n) is 2.25. The Labute approximate surface area is 116 Å². The Morgan fingerprint density at radius 2 is 1.90 bits per heavy atom. The van der Waals surface area contributed by atoms with Gasteiger partial charge in [-0.25, -0.2) is 4.39 Å². The molecule has 0 aliphatic carbocycles. The van der Waals surface area contributed by atoms with E-state index in [1.54, 1.807) is 0 Å². The molecule has 21 heavy (non-hydrogen) atoms. The van der Waals surface area contributed by atoms with Crippen LogP contribution in [0.4, 0.5) is 10.1 Å². The first-order valence-electron chi connectivity index (χ1n) is 5.52. The summed E-state index contributed by atoms with van der Waals surface area (Å²) in [7, 11) is 0. The van der Waals surface area contributed by atoms with Gasteiger partial charge in [0.05, 0.1) is 11.5 Å². The van der Waals surface area contributed by atoms with E-state index in [1.165, 1.54) is 0 Å². The molecule has 0 spiro atoms. The zero-order valence-corrected chi connectivity index (χ0v) is 10.5. The van der Waals surface area contributed by atoms with E-state index in [2.05, 4.69) is 0 Å². The molecular formula is C11H10FN3O6. The first-order valence-corrected chi connectivity index (χ1v) is 5.52. The Morgan fingerprint density at radius 3 is 2.48 bits per heavy atom. The van der Waals surface area contributed by atoms with Crippen LogP contribution in [0.25, 0.3) is 0 Å². The summed E-state index contributed by atoms with van der Waals surface area (Å²) in [6.07, 6.45) is 0. The molecule has 9 nitrogen and oxygen atoms in total. The van der Waals surface area contributed by atoms with E-state index in [1.807, 2.05) is 10.6 Å². The summed E-state index contributed by atoms with van der Waals surface area (Å²) in [5.41, 5.74) is -1.15. The van der Waals surface area contributed by atoms with Crippen molar-refractivity contribution in [2.24, 2.45) is 0 Å². The molecule has 1 rings (SSSR count). The SMILES string of the molecule is O=C(O)CNC(=O)CNC(=O)c1cc(F)ccc1[N+](=O)[O-]. The van der Waals surface area contributed by atoms with E-state index >= 15 is 0 Å². The number of nitrogens with one attached hydrogen (secondary N) is 2. The fourth-order valence-corrected chi connectivity index (χ4v) is 1.34. The van der Waals surface area contributed by atoms with Crippen LogP contribution >= 0.6 is 0 Å². The van der Waals surface area contributed by atoms with Gasteiger partial charge in [0.1, 0.15) is 17.9 Å². The van der Waals surface area contributed by atoms with Crippen LogP contribution in [0.1, 0.15) is 10.4 Å². The van der Waals surface area contributed by atoms with Crippen molar-refractivity contribution in [2.75, 3.05) is 13.1 Å². The highest BCUT2D eigenvalue weighted by molar-refractivity contribution is 5.99. The Hall–Kier alpha value is -3.04. The van der Waals surface area contributed by atoms with E-state index < -0.39 is 52.9 Å². The molecule has 0 saturated heterocycles. The summed E-state index contributed by atoms with van der Waals surface area (Å²) in [6, 6.07) is 2.33. The largest absolute Gasteiger partial charge is 0.480 e. The number of hydrogen-bond donors (Lipinski definition) is 3. The monoisotopic (exact) mass is 299 g/mol. The predicted octanol–water partition coefficient (Wildman–Crippen LogP) is -0.335. The number of nitro benzene ring substituents is 1. The number of nitrogens with zero attached hydrogens (tertiary/aromatic N) is 1. The van der Waals surface area contributed by atoms with E-state index in [0.717, 1.165) is 12.1 Å². The Balaban J connectivity index is 2.72. The summed E-state index contributed by atoms with van der Waals surface area (Å²) in [5.74, 6) is -3.94. The van der Waals surface area contributed by atoms with Gasteiger partial charge in [-0.2, -0.15) is 0 Å². The molecule has 1 aromatic carbocycles. The van der Waals surface area contributed by atoms with Gasteiger partial charge >= 0.3 is 5.97 Å². The summed E-state index contributed by atoms with van der Waals surface area (Å²) in [5, 5.41) is 23.0. The van der Waals surface area contributed by atoms with Crippen LogP contribution in [0.2, 0.25) is 0 Å². The number of amides is 2. The molecular weight excluding hydrogens is 289 g/mol. The van der Waals surface area contributed by atoms with Crippen LogP contribution in [-0.4, -0.2) is 40.9 Å². The Bertz CT molecular complexity index is 604. The molecule has 0 radical (unpaired) electrons. The Morgan fingerprint density at radius 1 is 1.24 bits per heavy atom. The zero-order valence-electron chi connectivity index (χ0n) is 10.5. The fraction of sp³-hybridized carbons (Fsp3) is 0.182. The fourth-order valence-electron chi connectivity index (χ4n) is 1.34. The third-order valence-corrected chi connectivity index (χ3v) is 2.25. The lowest BCUT2D eigenvalue weighted by Crippen LogP contribution is -2.39. The van der Waals surface area contributed by atoms with Gasteiger partial charge in [-0.05, 0) is 12.1 Å². The second kappa shape index (κ2) is 6.93. The molecule has 112 valence electrons. The maximum atomic E-state index is 13.0. The lowest BCUT2D eigenvalue weighted by molar-refractivity contribution is -0.385. The molecule has 0 saturated carbocycles. The molecule has 0 aliphatic heterocycles.